The molecule has 0 N–H and O–H groups in total. The van der Waals surface area contributed by atoms with Gasteiger partial charge in [0.1, 0.15) is 5.71 Å². The molecule has 2 aliphatic heterocycles. The molecular formula is C19H24F3N3O. The van der Waals surface area contributed by atoms with Gasteiger partial charge in [0, 0.05) is 12.3 Å². The standard InChI is InChI=1S/C19H24F3N3O/c1-13-16(12-14-8-6-7-11-17(23-14)26-2)18(19(20,21)22)24-25(13)15-9-4-3-5-10-15/h3-5,9-10,13-14,16H,6-8,11-12H2,1-2H3. The number of rotatable bonds is 3. The van der Waals surface area contributed by atoms with Crippen LogP contribution in [-0.4, -0.2) is 37.0 Å². The van der Waals surface area contributed by atoms with Crippen molar-refractivity contribution in [1.29, 1.82) is 0 Å². The van der Waals surface area contributed by atoms with Crippen molar-refractivity contribution in [2.75, 3.05) is 12.1 Å². The number of anilines is 1. The first kappa shape index (κ1) is 18.7. The molecule has 0 radical (unpaired) electrons. The Morgan fingerprint density at radius 2 is 1.92 bits per heavy atom. The van der Waals surface area contributed by atoms with Crippen LogP contribution in [0.2, 0.25) is 0 Å². The number of methoxy groups -OCH3 is 1. The lowest BCUT2D eigenvalue weighted by Crippen LogP contribution is -2.37. The van der Waals surface area contributed by atoms with Crippen LogP contribution in [0.3, 0.4) is 0 Å². The minimum absolute atomic E-state index is 0.164. The third-order valence-corrected chi connectivity index (χ3v) is 5.11. The van der Waals surface area contributed by atoms with Gasteiger partial charge in [0.25, 0.3) is 0 Å². The fourth-order valence-electron chi connectivity index (χ4n) is 3.74. The molecule has 3 rings (SSSR count). The van der Waals surface area contributed by atoms with Crippen molar-refractivity contribution in [2.24, 2.45) is 16.0 Å². The number of ether oxygens (including phenoxy) is 1. The fourth-order valence-corrected chi connectivity index (χ4v) is 3.74. The summed E-state index contributed by atoms with van der Waals surface area (Å²) in [5.41, 5.74) is -0.0292. The molecule has 0 aromatic heterocycles. The van der Waals surface area contributed by atoms with Crippen LogP contribution in [0, 0.1) is 5.92 Å². The highest BCUT2D eigenvalue weighted by Gasteiger charge is 2.49. The third kappa shape index (κ3) is 4.02. The zero-order valence-electron chi connectivity index (χ0n) is 15.0. The largest absolute Gasteiger partial charge is 0.484 e. The van der Waals surface area contributed by atoms with Crippen LogP contribution in [0.5, 0.6) is 0 Å². The maximum absolute atomic E-state index is 13.6. The van der Waals surface area contributed by atoms with Gasteiger partial charge in [-0.15, -0.1) is 0 Å². The molecule has 7 heteroatoms. The van der Waals surface area contributed by atoms with Crippen molar-refractivity contribution in [2.45, 2.75) is 57.3 Å². The van der Waals surface area contributed by atoms with E-state index in [-0.39, 0.29) is 12.1 Å². The topological polar surface area (TPSA) is 37.2 Å². The first-order valence-corrected chi connectivity index (χ1v) is 9.00. The molecule has 0 aliphatic carbocycles. The van der Waals surface area contributed by atoms with Crippen LogP contribution >= 0.6 is 0 Å². The molecule has 0 fully saturated rings. The summed E-state index contributed by atoms with van der Waals surface area (Å²) in [7, 11) is 1.57. The molecule has 26 heavy (non-hydrogen) atoms. The zero-order chi connectivity index (χ0) is 18.7. The van der Waals surface area contributed by atoms with E-state index in [0.717, 1.165) is 25.7 Å². The zero-order valence-corrected chi connectivity index (χ0v) is 15.0. The lowest BCUT2D eigenvalue weighted by Gasteiger charge is -2.26. The van der Waals surface area contributed by atoms with Gasteiger partial charge < -0.3 is 4.74 Å². The highest BCUT2D eigenvalue weighted by Crippen LogP contribution is 2.38. The van der Waals surface area contributed by atoms with E-state index >= 15 is 0 Å². The predicted octanol–water partition coefficient (Wildman–Crippen LogP) is 4.81. The molecule has 142 valence electrons. The molecular weight excluding hydrogens is 343 g/mol. The van der Waals surface area contributed by atoms with Crippen LogP contribution in [0.1, 0.15) is 39.0 Å². The van der Waals surface area contributed by atoms with E-state index in [1.807, 2.05) is 6.07 Å². The molecule has 0 spiro atoms. The second kappa shape index (κ2) is 7.68. The van der Waals surface area contributed by atoms with Crippen LogP contribution in [0.25, 0.3) is 0 Å². The average molecular weight is 367 g/mol. The summed E-state index contributed by atoms with van der Waals surface area (Å²) in [6.45, 7) is 1.80. The molecule has 2 heterocycles. The van der Waals surface area contributed by atoms with Gasteiger partial charge in [-0.3, -0.25) is 10.0 Å². The first-order chi connectivity index (χ1) is 12.4. The normalized spacial score (nSPS) is 27.0. The van der Waals surface area contributed by atoms with Crippen LogP contribution in [0.15, 0.2) is 40.4 Å². The Balaban J connectivity index is 1.86. The molecule has 0 amide bonds. The van der Waals surface area contributed by atoms with Crippen molar-refractivity contribution in [3.8, 4) is 0 Å². The molecule has 1 aromatic rings. The van der Waals surface area contributed by atoms with E-state index in [4.69, 9.17) is 4.74 Å². The molecule has 0 saturated carbocycles. The molecule has 0 saturated heterocycles. The molecule has 3 unspecified atom stereocenters. The SMILES string of the molecule is COC1=NC(CC2C(C(F)(F)F)=NN(c3ccccc3)C2C)CCCC1. The number of hydrogen-bond acceptors (Lipinski definition) is 4. The minimum atomic E-state index is -4.44. The van der Waals surface area contributed by atoms with Crippen LogP contribution < -0.4 is 5.01 Å². The number of benzene rings is 1. The molecule has 1 aromatic carbocycles. The average Bonchev–Trinajstić information content (AvgIpc) is 2.80. The molecule has 2 aliphatic rings. The molecule has 0 bridgehead atoms. The van der Waals surface area contributed by atoms with Gasteiger partial charge in [0.15, 0.2) is 5.90 Å². The monoisotopic (exact) mass is 367 g/mol. The number of para-hydroxylation sites is 1. The third-order valence-electron chi connectivity index (χ3n) is 5.11. The van der Waals surface area contributed by atoms with E-state index in [1.54, 1.807) is 38.3 Å². The second-order valence-electron chi connectivity index (χ2n) is 6.87. The van der Waals surface area contributed by atoms with Crippen LogP contribution in [0.4, 0.5) is 18.9 Å². The predicted molar refractivity (Wildman–Crippen MR) is 96.7 cm³/mol. The van der Waals surface area contributed by atoms with E-state index in [2.05, 4.69) is 10.1 Å². The lowest BCUT2D eigenvalue weighted by molar-refractivity contribution is -0.0625. The van der Waals surface area contributed by atoms with Crippen molar-refractivity contribution in [1.82, 2.24) is 0 Å². The summed E-state index contributed by atoms with van der Waals surface area (Å²) < 4.78 is 46.2. The fraction of sp³-hybridized carbons (Fsp3) is 0.579. The van der Waals surface area contributed by atoms with E-state index in [0.29, 0.717) is 18.0 Å². The summed E-state index contributed by atoms with van der Waals surface area (Å²) in [5.74, 6) is -0.0660. The summed E-state index contributed by atoms with van der Waals surface area (Å²) in [5, 5.41) is 5.46. The van der Waals surface area contributed by atoms with Gasteiger partial charge in [-0.25, -0.2) is 0 Å². The van der Waals surface area contributed by atoms with E-state index in [1.165, 1.54) is 5.01 Å². The van der Waals surface area contributed by atoms with Gasteiger partial charge in [0.05, 0.1) is 24.9 Å². The van der Waals surface area contributed by atoms with Gasteiger partial charge in [-0.05, 0) is 38.3 Å². The smallest absolute Gasteiger partial charge is 0.431 e. The minimum Gasteiger partial charge on any atom is -0.484 e. The highest BCUT2D eigenvalue weighted by molar-refractivity contribution is 5.95. The van der Waals surface area contributed by atoms with Crippen molar-refractivity contribution in [3.63, 3.8) is 0 Å². The van der Waals surface area contributed by atoms with Crippen molar-refractivity contribution in [3.05, 3.63) is 30.3 Å². The summed E-state index contributed by atoms with van der Waals surface area (Å²) in [6, 6.07) is 8.47. The molecule has 4 nitrogen and oxygen atoms in total. The Labute approximate surface area is 151 Å². The van der Waals surface area contributed by atoms with Crippen molar-refractivity contribution >= 4 is 17.3 Å². The summed E-state index contributed by atoms with van der Waals surface area (Å²) in [4.78, 5) is 4.56. The van der Waals surface area contributed by atoms with Gasteiger partial charge in [0.2, 0.25) is 0 Å². The van der Waals surface area contributed by atoms with E-state index in [9.17, 15) is 13.2 Å². The number of nitrogens with zero attached hydrogens (tertiary/aromatic N) is 3. The van der Waals surface area contributed by atoms with Crippen molar-refractivity contribution < 1.29 is 17.9 Å². The van der Waals surface area contributed by atoms with Crippen LogP contribution in [-0.2, 0) is 4.74 Å². The highest BCUT2D eigenvalue weighted by atomic mass is 19.4. The van der Waals surface area contributed by atoms with E-state index < -0.39 is 17.8 Å². The number of aliphatic imine (C=N–C) groups is 1. The molecule has 3 atom stereocenters. The number of hydrazone groups is 1. The quantitative estimate of drug-likeness (QED) is 0.769. The lowest BCUT2D eigenvalue weighted by atomic mass is 9.88. The maximum Gasteiger partial charge on any atom is 0.431 e. The maximum atomic E-state index is 13.6. The first-order valence-electron chi connectivity index (χ1n) is 9.00. The Kier molecular flexibility index (Phi) is 5.53. The van der Waals surface area contributed by atoms with Gasteiger partial charge in [-0.1, -0.05) is 24.6 Å². The van der Waals surface area contributed by atoms with Gasteiger partial charge in [-0.2, -0.15) is 18.3 Å². The summed E-state index contributed by atoms with van der Waals surface area (Å²) >= 11 is 0. The Hall–Kier alpha value is -2.05. The number of halogens is 3. The number of alkyl halides is 3. The summed E-state index contributed by atoms with van der Waals surface area (Å²) in [6.07, 6.45) is -0.671. The Bertz CT molecular complexity index is 672. The second-order valence-corrected chi connectivity index (χ2v) is 6.87. The Morgan fingerprint density at radius 1 is 1.19 bits per heavy atom. The van der Waals surface area contributed by atoms with Gasteiger partial charge >= 0.3 is 6.18 Å². The Morgan fingerprint density at radius 3 is 2.58 bits per heavy atom. The number of hydrogen-bond donors (Lipinski definition) is 0.